The van der Waals surface area contributed by atoms with Gasteiger partial charge in [-0.1, -0.05) is 20.1 Å². The molecule has 0 radical (unpaired) electrons. The summed E-state index contributed by atoms with van der Waals surface area (Å²) in [5.74, 6) is -3.04. The fourth-order valence-electron chi connectivity index (χ4n) is 0.524. The van der Waals surface area contributed by atoms with Crippen molar-refractivity contribution in [3.05, 3.63) is 24.8 Å². The first-order valence-corrected chi connectivity index (χ1v) is 4.88. The van der Waals surface area contributed by atoms with Crippen LogP contribution in [0.4, 0.5) is 0 Å². The van der Waals surface area contributed by atoms with Gasteiger partial charge in [0.1, 0.15) is 0 Å². The van der Waals surface area contributed by atoms with Crippen molar-refractivity contribution in [1.82, 2.24) is 0 Å². The predicted molar refractivity (Wildman–Crippen MR) is 61.6 cm³/mol. The van der Waals surface area contributed by atoms with Gasteiger partial charge < -0.3 is 20.1 Å². The Balaban J connectivity index is 0. The minimum Gasteiger partial charge on any atom is -0.481 e. The number of carbonyl (C=O) groups is 3. The number of aliphatic carboxylic acids is 2. The summed E-state index contributed by atoms with van der Waals surface area (Å²) < 4.78 is 4.35. The number of rotatable bonds is 6. The molecule has 0 heterocycles. The van der Waals surface area contributed by atoms with E-state index in [0.717, 1.165) is 6.08 Å². The minimum atomic E-state index is -1.27. The SMILES string of the molecule is C=C(CC(=O)O)C(=O)O.C=CC(=O)OC(O)CC. The van der Waals surface area contributed by atoms with E-state index in [1.54, 1.807) is 6.92 Å². The molecule has 0 bridgehead atoms. The topological polar surface area (TPSA) is 121 Å². The molecule has 0 saturated carbocycles. The molecule has 3 N–H and O–H groups in total. The van der Waals surface area contributed by atoms with E-state index in [9.17, 15) is 14.4 Å². The summed E-state index contributed by atoms with van der Waals surface area (Å²) in [5.41, 5.74) is -0.303. The Hall–Kier alpha value is -2.15. The average molecular weight is 260 g/mol. The lowest BCUT2D eigenvalue weighted by atomic mass is 10.2. The molecule has 0 spiro atoms. The summed E-state index contributed by atoms with van der Waals surface area (Å²) in [5, 5.41) is 24.7. The number of carboxylic acid groups (broad SMARTS) is 2. The average Bonchev–Trinajstić information content (AvgIpc) is 2.28. The van der Waals surface area contributed by atoms with Gasteiger partial charge >= 0.3 is 17.9 Å². The summed E-state index contributed by atoms with van der Waals surface area (Å²) in [6.45, 7) is 7.89. The van der Waals surface area contributed by atoms with Gasteiger partial charge in [0.25, 0.3) is 0 Å². The van der Waals surface area contributed by atoms with Crippen molar-refractivity contribution >= 4 is 17.9 Å². The zero-order valence-corrected chi connectivity index (χ0v) is 9.96. The minimum absolute atomic E-state index is 0.303. The van der Waals surface area contributed by atoms with Crippen LogP contribution in [0, 0.1) is 0 Å². The van der Waals surface area contributed by atoms with Crippen molar-refractivity contribution in [2.24, 2.45) is 0 Å². The van der Waals surface area contributed by atoms with Crippen LogP contribution in [0.25, 0.3) is 0 Å². The number of hydrogen-bond acceptors (Lipinski definition) is 5. The Morgan fingerprint density at radius 3 is 2.06 bits per heavy atom. The van der Waals surface area contributed by atoms with E-state index in [1.165, 1.54) is 0 Å². The van der Waals surface area contributed by atoms with Gasteiger partial charge in [-0.3, -0.25) is 4.79 Å². The Morgan fingerprint density at radius 2 is 1.83 bits per heavy atom. The quantitative estimate of drug-likeness (QED) is 0.362. The first-order chi connectivity index (χ1) is 8.24. The molecular formula is C11H16O7. The smallest absolute Gasteiger partial charge is 0.332 e. The number of carboxylic acids is 2. The fraction of sp³-hybridized carbons (Fsp3) is 0.364. The molecule has 0 aromatic heterocycles. The van der Waals surface area contributed by atoms with Gasteiger partial charge in [-0.25, -0.2) is 9.59 Å². The van der Waals surface area contributed by atoms with E-state index in [1.807, 2.05) is 0 Å². The van der Waals surface area contributed by atoms with Gasteiger partial charge in [-0.05, 0) is 0 Å². The number of aliphatic hydroxyl groups excluding tert-OH is 1. The maximum absolute atomic E-state index is 10.3. The van der Waals surface area contributed by atoms with Crippen LogP contribution >= 0.6 is 0 Å². The van der Waals surface area contributed by atoms with Crippen LogP contribution < -0.4 is 0 Å². The second-order valence-corrected chi connectivity index (χ2v) is 2.98. The monoisotopic (exact) mass is 260 g/mol. The summed E-state index contributed by atoms with van der Waals surface area (Å²) in [7, 11) is 0. The van der Waals surface area contributed by atoms with Gasteiger partial charge in [0.15, 0.2) is 0 Å². The summed E-state index contributed by atoms with van der Waals surface area (Å²) in [6, 6.07) is 0. The molecule has 0 amide bonds. The van der Waals surface area contributed by atoms with Crippen LogP contribution in [-0.4, -0.2) is 39.5 Å². The van der Waals surface area contributed by atoms with Crippen LogP contribution in [0.15, 0.2) is 24.8 Å². The molecule has 0 aliphatic rings. The molecule has 0 aromatic carbocycles. The van der Waals surface area contributed by atoms with Crippen molar-refractivity contribution in [3.63, 3.8) is 0 Å². The number of hydrogen-bond donors (Lipinski definition) is 3. The fourth-order valence-corrected chi connectivity index (χ4v) is 0.524. The van der Waals surface area contributed by atoms with Crippen molar-refractivity contribution in [3.8, 4) is 0 Å². The van der Waals surface area contributed by atoms with Crippen molar-refractivity contribution in [1.29, 1.82) is 0 Å². The summed E-state index contributed by atoms with van der Waals surface area (Å²) in [6.07, 6.45) is -0.0798. The van der Waals surface area contributed by atoms with Crippen LogP contribution in [0.1, 0.15) is 19.8 Å². The lowest BCUT2D eigenvalue weighted by Gasteiger charge is -2.05. The van der Waals surface area contributed by atoms with E-state index in [4.69, 9.17) is 15.3 Å². The molecule has 0 aliphatic carbocycles. The Morgan fingerprint density at radius 1 is 1.33 bits per heavy atom. The third kappa shape index (κ3) is 11.9. The van der Waals surface area contributed by atoms with Gasteiger partial charge in [-0.15, -0.1) is 0 Å². The summed E-state index contributed by atoms with van der Waals surface area (Å²) in [4.78, 5) is 29.9. The highest BCUT2D eigenvalue weighted by Crippen LogP contribution is 1.95. The third-order valence-corrected chi connectivity index (χ3v) is 1.44. The van der Waals surface area contributed by atoms with Gasteiger partial charge in [0.2, 0.25) is 6.29 Å². The Labute approximate surface area is 104 Å². The number of aliphatic hydroxyl groups is 1. The molecule has 0 saturated heterocycles. The van der Waals surface area contributed by atoms with E-state index >= 15 is 0 Å². The molecular weight excluding hydrogens is 244 g/mol. The molecule has 7 heteroatoms. The van der Waals surface area contributed by atoms with Crippen molar-refractivity contribution in [2.75, 3.05) is 0 Å². The highest BCUT2D eigenvalue weighted by molar-refractivity contribution is 5.91. The zero-order chi connectivity index (χ0) is 14.7. The van der Waals surface area contributed by atoms with Crippen LogP contribution in [0.3, 0.4) is 0 Å². The number of ether oxygens (including phenoxy) is 1. The number of carbonyl (C=O) groups excluding carboxylic acids is 1. The number of esters is 1. The molecule has 1 atom stereocenters. The normalized spacial score (nSPS) is 10.3. The lowest BCUT2D eigenvalue weighted by Crippen LogP contribution is -2.14. The maximum atomic E-state index is 10.3. The highest BCUT2D eigenvalue weighted by Gasteiger charge is 2.07. The molecule has 0 aliphatic heterocycles. The molecule has 0 rings (SSSR count). The van der Waals surface area contributed by atoms with Gasteiger partial charge in [-0.2, -0.15) is 0 Å². The van der Waals surface area contributed by atoms with Gasteiger partial charge in [0.05, 0.1) is 6.42 Å². The zero-order valence-electron chi connectivity index (χ0n) is 9.96. The third-order valence-electron chi connectivity index (χ3n) is 1.44. The highest BCUT2D eigenvalue weighted by atomic mass is 16.6. The first-order valence-electron chi connectivity index (χ1n) is 4.88. The van der Waals surface area contributed by atoms with E-state index in [2.05, 4.69) is 17.9 Å². The van der Waals surface area contributed by atoms with Crippen LogP contribution in [-0.2, 0) is 19.1 Å². The first kappa shape index (κ1) is 18.2. The van der Waals surface area contributed by atoms with Crippen molar-refractivity contribution in [2.45, 2.75) is 26.1 Å². The second kappa shape index (κ2) is 10.0. The molecule has 102 valence electrons. The van der Waals surface area contributed by atoms with E-state index < -0.39 is 30.6 Å². The second-order valence-electron chi connectivity index (χ2n) is 2.98. The summed E-state index contributed by atoms with van der Waals surface area (Å²) >= 11 is 0. The van der Waals surface area contributed by atoms with Gasteiger partial charge in [0, 0.05) is 18.1 Å². The van der Waals surface area contributed by atoms with Crippen molar-refractivity contribution < 1.29 is 34.4 Å². The van der Waals surface area contributed by atoms with E-state index in [-0.39, 0.29) is 5.57 Å². The standard InChI is InChI=1S/C6H10O3.C5H6O4/c1-3-5(7)9-6(8)4-2;1-3(5(8)9)2-4(6)7/h3,6,8H,1,4H2,2H3;1-2H2,(H,6,7)(H,8,9). The predicted octanol–water partition coefficient (Wildman–Crippen LogP) is 0.546. The molecule has 1 unspecified atom stereocenters. The molecule has 0 fully saturated rings. The van der Waals surface area contributed by atoms with E-state index in [0.29, 0.717) is 6.42 Å². The molecule has 18 heavy (non-hydrogen) atoms. The molecule has 0 aromatic rings. The maximum Gasteiger partial charge on any atom is 0.332 e. The molecule has 7 nitrogen and oxygen atoms in total. The lowest BCUT2D eigenvalue weighted by molar-refractivity contribution is -0.161. The largest absolute Gasteiger partial charge is 0.481 e. The van der Waals surface area contributed by atoms with Crippen LogP contribution in [0.5, 0.6) is 0 Å². The Bertz CT molecular complexity index is 332. The Kier molecular flexibility index (Phi) is 10.2. The van der Waals surface area contributed by atoms with Crippen LogP contribution in [0.2, 0.25) is 0 Å².